The number of aliphatic hydroxyl groups excluding tert-OH is 3. The quantitative estimate of drug-likeness (QED) is 0.0927. The van der Waals surface area contributed by atoms with Crippen LogP contribution in [0, 0.1) is 0 Å². The van der Waals surface area contributed by atoms with Crippen LogP contribution < -0.4 is 11.3 Å². The SMILES string of the molecule is CO[C@H]1[C@@H](OP(=O)(O)OC[C@H]2O[C@@H](n3cnc4c(O)ncnc43)[C@H](O)[C@@H]2O)[C@H](n2cnc3c(=O)[nH]c(N)nc32)O[C@@H]1CO. The fraction of sp³-hybridized carbons (Fsp3) is 0.524. The maximum atomic E-state index is 13.1. The van der Waals surface area contributed by atoms with Crippen molar-refractivity contribution in [3.63, 3.8) is 0 Å². The minimum absolute atomic E-state index is 0.0242. The van der Waals surface area contributed by atoms with Crippen molar-refractivity contribution in [1.82, 2.24) is 39.0 Å². The zero-order valence-electron chi connectivity index (χ0n) is 22.0. The molecule has 8 N–H and O–H groups in total. The minimum atomic E-state index is -5.01. The number of fused-ring (bicyclic) bond motifs is 2. The van der Waals surface area contributed by atoms with Crippen LogP contribution in [0.5, 0.6) is 5.88 Å². The van der Waals surface area contributed by atoms with Crippen LogP contribution in [-0.4, -0.2) is 121 Å². The van der Waals surface area contributed by atoms with Crippen LogP contribution in [0.15, 0.2) is 23.8 Å². The van der Waals surface area contributed by atoms with Crippen LogP contribution >= 0.6 is 7.82 Å². The molecule has 4 aromatic rings. The third kappa shape index (κ3) is 5.14. The van der Waals surface area contributed by atoms with E-state index in [0.29, 0.717) is 0 Å². The van der Waals surface area contributed by atoms with E-state index in [1.807, 2.05) is 0 Å². The lowest BCUT2D eigenvalue weighted by molar-refractivity contribution is -0.0616. The van der Waals surface area contributed by atoms with Crippen molar-refractivity contribution in [2.45, 2.75) is 49.1 Å². The van der Waals surface area contributed by atoms with Gasteiger partial charge in [0.05, 0.1) is 25.9 Å². The van der Waals surface area contributed by atoms with Crippen LogP contribution in [0.1, 0.15) is 12.5 Å². The van der Waals surface area contributed by atoms with Gasteiger partial charge in [0, 0.05) is 7.11 Å². The molecule has 9 atom stereocenters. The summed E-state index contributed by atoms with van der Waals surface area (Å²) >= 11 is 0. The highest BCUT2D eigenvalue weighted by Crippen LogP contribution is 2.50. The fourth-order valence-corrected chi connectivity index (χ4v) is 6.01. The molecule has 0 aliphatic carbocycles. The van der Waals surface area contributed by atoms with E-state index in [0.717, 1.165) is 6.33 Å². The highest BCUT2D eigenvalue weighted by molar-refractivity contribution is 7.47. The number of hydrogen-bond acceptors (Lipinski definition) is 17. The van der Waals surface area contributed by atoms with E-state index in [2.05, 4.69) is 29.9 Å². The van der Waals surface area contributed by atoms with Crippen molar-refractivity contribution in [3.8, 4) is 5.88 Å². The number of aromatic nitrogens is 8. The highest BCUT2D eigenvalue weighted by Gasteiger charge is 2.51. The number of phosphoric ester groups is 1. The summed E-state index contributed by atoms with van der Waals surface area (Å²) in [7, 11) is -3.74. The molecule has 0 bridgehead atoms. The normalized spacial score (nSPS) is 30.8. The molecule has 6 rings (SSSR count). The lowest BCUT2D eigenvalue weighted by Crippen LogP contribution is -2.37. The van der Waals surface area contributed by atoms with Crippen LogP contribution in [0.2, 0.25) is 0 Å². The maximum Gasteiger partial charge on any atom is 0.472 e. The van der Waals surface area contributed by atoms with E-state index in [1.165, 1.54) is 28.9 Å². The Balaban J connectivity index is 1.20. The van der Waals surface area contributed by atoms with Gasteiger partial charge in [-0.25, -0.2) is 19.5 Å². The third-order valence-electron chi connectivity index (χ3n) is 7.07. The van der Waals surface area contributed by atoms with Gasteiger partial charge >= 0.3 is 7.82 Å². The molecular weight excluding hydrogens is 601 g/mol. The van der Waals surface area contributed by atoms with Gasteiger partial charge in [0.2, 0.25) is 11.8 Å². The number of nitrogen functional groups attached to an aromatic ring is 1. The third-order valence-corrected chi connectivity index (χ3v) is 8.06. The molecule has 0 aromatic carbocycles. The summed E-state index contributed by atoms with van der Waals surface area (Å²) in [5, 5.41) is 40.9. The molecule has 6 heterocycles. The average Bonchev–Trinajstić information content (AvgIpc) is 3.72. The number of aromatic hydroxyl groups is 1. The Labute approximate surface area is 239 Å². The van der Waals surface area contributed by atoms with Crippen LogP contribution in [0.4, 0.5) is 5.95 Å². The molecule has 2 fully saturated rings. The zero-order chi connectivity index (χ0) is 30.6. The van der Waals surface area contributed by atoms with E-state index >= 15 is 0 Å². The first-order valence-corrected chi connectivity index (χ1v) is 14.1. The lowest BCUT2D eigenvalue weighted by atomic mass is 10.1. The Morgan fingerprint density at radius 1 is 1.02 bits per heavy atom. The van der Waals surface area contributed by atoms with Crippen molar-refractivity contribution in [2.75, 3.05) is 26.1 Å². The summed E-state index contributed by atoms with van der Waals surface area (Å²) in [5.74, 6) is -0.631. The van der Waals surface area contributed by atoms with E-state index in [-0.39, 0.29) is 28.3 Å². The van der Waals surface area contributed by atoms with Crippen molar-refractivity contribution < 1.29 is 53.1 Å². The summed E-state index contributed by atoms with van der Waals surface area (Å²) < 4.78 is 43.1. The molecule has 0 saturated carbocycles. The number of anilines is 1. The van der Waals surface area contributed by atoms with Gasteiger partial charge < -0.3 is 45.3 Å². The van der Waals surface area contributed by atoms with E-state index < -0.39 is 81.6 Å². The summed E-state index contributed by atoms with van der Waals surface area (Å²) in [4.78, 5) is 44.9. The Morgan fingerprint density at radius 3 is 2.44 bits per heavy atom. The topological polar surface area (TPSA) is 298 Å². The fourth-order valence-electron chi connectivity index (χ4n) is 5.08. The number of nitrogens with one attached hydrogen (secondary N) is 1. The molecule has 0 radical (unpaired) electrons. The first-order chi connectivity index (χ1) is 20.5. The van der Waals surface area contributed by atoms with Gasteiger partial charge in [-0.3, -0.25) is 28.0 Å². The number of aliphatic hydroxyl groups is 3. The first kappa shape index (κ1) is 29.4. The van der Waals surface area contributed by atoms with Crippen molar-refractivity contribution in [3.05, 3.63) is 29.3 Å². The van der Waals surface area contributed by atoms with Crippen molar-refractivity contribution in [1.29, 1.82) is 0 Å². The van der Waals surface area contributed by atoms with Gasteiger partial charge in [0.1, 0.15) is 43.0 Å². The second-order valence-corrected chi connectivity index (χ2v) is 11.0. The molecule has 22 heteroatoms. The number of aromatic amines is 1. The molecule has 4 aromatic heterocycles. The smallest absolute Gasteiger partial charge is 0.472 e. The predicted molar refractivity (Wildman–Crippen MR) is 138 cm³/mol. The first-order valence-electron chi connectivity index (χ1n) is 12.6. The van der Waals surface area contributed by atoms with E-state index in [4.69, 9.17) is 29.0 Å². The molecule has 0 amide bonds. The van der Waals surface area contributed by atoms with E-state index in [9.17, 15) is 34.7 Å². The lowest BCUT2D eigenvalue weighted by Gasteiger charge is -2.26. The standard InChI is InChI=1S/C21H26N9O12P/c1-38-13-7(2-31)40-20(30-6-26-10-16(30)27-21(22)28-18(10)35)14(13)42-43(36,37)39-3-8-11(32)12(33)19(41-8)29-5-25-9-15(29)23-4-24-17(9)34/h4-8,11-14,19-20,31-33H,2-3H2,1H3,(H,36,37)(H,23,24,34)(H3,22,27,28,35)/t7-,8-,11-,12-,13-,14-,19-,20-/m1/s1. The number of hydrogen-bond donors (Lipinski definition) is 7. The number of methoxy groups -OCH3 is 1. The Hall–Kier alpha value is -3.63. The minimum Gasteiger partial charge on any atom is -0.492 e. The van der Waals surface area contributed by atoms with Gasteiger partial charge in [0.15, 0.2) is 34.8 Å². The van der Waals surface area contributed by atoms with Crippen LogP contribution in [-0.2, 0) is 27.8 Å². The van der Waals surface area contributed by atoms with E-state index in [1.54, 1.807) is 0 Å². The highest BCUT2D eigenvalue weighted by atomic mass is 31.2. The second kappa shape index (κ2) is 11.1. The number of H-pyrrole nitrogens is 1. The number of ether oxygens (including phenoxy) is 3. The second-order valence-electron chi connectivity index (χ2n) is 9.63. The zero-order valence-corrected chi connectivity index (χ0v) is 22.9. The van der Waals surface area contributed by atoms with Gasteiger partial charge in [-0.15, -0.1) is 0 Å². The molecule has 232 valence electrons. The molecule has 1 unspecified atom stereocenters. The average molecular weight is 627 g/mol. The largest absolute Gasteiger partial charge is 0.492 e. The Morgan fingerprint density at radius 2 is 1.72 bits per heavy atom. The molecule has 0 spiro atoms. The number of imidazole rings is 2. The Kier molecular flexibility index (Phi) is 7.62. The van der Waals surface area contributed by atoms with Gasteiger partial charge in [-0.2, -0.15) is 9.97 Å². The number of rotatable bonds is 9. The summed E-state index contributed by atoms with van der Waals surface area (Å²) in [6.45, 7) is -1.29. The molecule has 2 aliphatic heterocycles. The summed E-state index contributed by atoms with van der Waals surface area (Å²) in [6, 6.07) is 0. The van der Waals surface area contributed by atoms with Crippen molar-refractivity contribution in [2.24, 2.45) is 0 Å². The molecular formula is C21H26N9O12P. The number of phosphoric acid groups is 1. The summed E-state index contributed by atoms with van der Waals surface area (Å²) in [5.41, 5.74) is 5.02. The molecule has 2 saturated heterocycles. The Bertz CT molecular complexity index is 1750. The number of nitrogens with zero attached hydrogens (tertiary/aromatic N) is 7. The van der Waals surface area contributed by atoms with Gasteiger partial charge in [-0.1, -0.05) is 0 Å². The predicted octanol–water partition coefficient (Wildman–Crippen LogP) is -2.73. The molecule has 2 aliphatic rings. The van der Waals surface area contributed by atoms with Gasteiger partial charge in [0.25, 0.3) is 5.56 Å². The molecule has 43 heavy (non-hydrogen) atoms. The van der Waals surface area contributed by atoms with Gasteiger partial charge in [-0.05, 0) is 0 Å². The van der Waals surface area contributed by atoms with Crippen LogP contribution in [0.3, 0.4) is 0 Å². The van der Waals surface area contributed by atoms with Crippen molar-refractivity contribution >= 4 is 36.1 Å². The maximum absolute atomic E-state index is 13.1. The van der Waals surface area contributed by atoms with Crippen LogP contribution in [0.25, 0.3) is 22.3 Å². The number of nitrogens with two attached hydrogens (primary N) is 1. The monoisotopic (exact) mass is 627 g/mol. The molecule has 21 nitrogen and oxygen atoms in total. The summed E-state index contributed by atoms with van der Waals surface area (Å²) in [6.07, 6.45) is -7.12.